The van der Waals surface area contributed by atoms with Crippen molar-refractivity contribution in [1.29, 1.82) is 0 Å². The number of primary amides is 1. The van der Waals surface area contributed by atoms with Crippen LogP contribution in [0.15, 0.2) is 36.7 Å². The number of carbonyl (C=O) groups excluding carboxylic acids is 2. The lowest BCUT2D eigenvalue weighted by molar-refractivity contribution is -0.118. The number of benzene rings is 1. The summed E-state index contributed by atoms with van der Waals surface area (Å²) in [5.41, 5.74) is 7.24. The molecule has 0 saturated heterocycles. The van der Waals surface area contributed by atoms with E-state index in [2.05, 4.69) is 29.2 Å². The molecule has 24 heavy (non-hydrogen) atoms. The van der Waals surface area contributed by atoms with E-state index in [1.807, 2.05) is 19.2 Å². The van der Waals surface area contributed by atoms with E-state index in [9.17, 15) is 9.59 Å². The van der Waals surface area contributed by atoms with E-state index in [0.29, 0.717) is 17.2 Å². The lowest BCUT2D eigenvalue weighted by Crippen LogP contribution is -2.22. The third-order valence-corrected chi connectivity index (χ3v) is 3.42. The Labute approximate surface area is 141 Å². The van der Waals surface area contributed by atoms with Crippen LogP contribution in [-0.4, -0.2) is 35.2 Å². The van der Waals surface area contributed by atoms with Crippen LogP contribution in [0.25, 0.3) is 0 Å². The summed E-state index contributed by atoms with van der Waals surface area (Å²) in [7, 11) is 2.03. The summed E-state index contributed by atoms with van der Waals surface area (Å²) in [5.74, 6) is -0.154. The molecule has 7 nitrogen and oxygen atoms in total. The fraction of sp³-hybridized carbons (Fsp3) is 0.353. The van der Waals surface area contributed by atoms with Gasteiger partial charge in [-0.2, -0.15) is 5.10 Å². The summed E-state index contributed by atoms with van der Waals surface area (Å²) in [6.07, 6.45) is 3.04. The van der Waals surface area contributed by atoms with Gasteiger partial charge in [0.05, 0.1) is 11.9 Å². The number of aromatic nitrogens is 2. The fourth-order valence-electron chi connectivity index (χ4n) is 2.40. The first kappa shape index (κ1) is 17.5. The largest absolute Gasteiger partial charge is 0.374 e. The molecule has 0 aliphatic heterocycles. The minimum atomic E-state index is -0.489. The number of anilines is 2. The van der Waals surface area contributed by atoms with Crippen LogP contribution < -0.4 is 16.0 Å². The average molecular weight is 329 g/mol. The summed E-state index contributed by atoms with van der Waals surface area (Å²) >= 11 is 0. The molecular weight excluding hydrogens is 306 g/mol. The van der Waals surface area contributed by atoms with Crippen molar-refractivity contribution in [3.63, 3.8) is 0 Å². The van der Waals surface area contributed by atoms with Gasteiger partial charge >= 0.3 is 0 Å². The Morgan fingerprint density at radius 3 is 2.54 bits per heavy atom. The third-order valence-electron chi connectivity index (χ3n) is 3.42. The molecule has 128 valence electrons. The molecule has 1 aromatic carbocycles. The molecule has 0 unspecified atom stereocenters. The molecule has 2 amide bonds. The van der Waals surface area contributed by atoms with Crippen molar-refractivity contribution in [2.24, 2.45) is 11.7 Å². The Bertz CT molecular complexity index is 706. The number of hydrogen-bond donors (Lipinski definition) is 2. The van der Waals surface area contributed by atoms with E-state index >= 15 is 0 Å². The molecule has 7 heteroatoms. The highest BCUT2D eigenvalue weighted by molar-refractivity contribution is 6.04. The SMILES string of the molecule is CC(C)CN(C)c1ccc(C(=O)Nc2cnn(CC(N)=O)c2)cc1. The first-order chi connectivity index (χ1) is 11.3. The van der Waals surface area contributed by atoms with Gasteiger partial charge in [0.2, 0.25) is 5.91 Å². The van der Waals surface area contributed by atoms with Crippen LogP contribution in [0.3, 0.4) is 0 Å². The third kappa shape index (κ3) is 4.84. The molecule has 0 fully saturated rings. The van der Waals surface area contributed by atoms with Gasteiger partial charge in [0.1, 0.15) is 6.54 Å². The van der Waals surface area contributed by atoms with Crippen molar-refractivity contribution >= 4 is 23.2 Å². The molecule has 0 aliphatic carbocycles. The van der Waals surface area contributed by atoms with Crippen LogP contribution >= 0.6 is 0 Å². The van der Waals surface area contributed by atoms with Gasteiger partial charge in [0, 0.05) is 31.0 Å². The summed E-state index contributed by atoms with van der Waals surface area (Å²) in [5, 5.41) is 6.71. The highest BCUT2D eigenvalue weighted by Crippen LogP contribution is 2.16. The second-order valence-electron chi connectivity index (χ2n) is 6.17. The van der Waals surface area contributed by atoms with Gasteiger partial charge in [-0.3, -0.25) is 14.3 Å². The molecule has 1 heterocycles. The van der Waals surface area contributed by atoms with E-state index in [0.717, 1.165) is 12.2 Å². The van der Waals surface area contributed by atoms with Crippen LogP contribution in [0.2, 0.25) is 0 Å². The van der Waals surface area contributed by atoms with E-state index < -0.39 is 5.91 Å². The molecule has 3 N–H and O–H groups in total. The summed E-state index contributed by atoms with van der Waals surface area (Å²) in [6, 6.07) is 7.42. The Balaban J connectivity index is 1.99. The number of nitrogens with one attached hydrogen (secondary N) is 1. The van der Waals surface area contributed by atoms with Gasteiger partial charge in [-0.25, -0.2) is 0 Å². The van der Waals surface area contributed by atoms with Gasteiger partial charge in [-0.05, 0) is 30.2 Å². The smallest absolute Gasteiger partial charge is 0.255 e. The molecule has 0 radical (unpaired) electrons. The Morgan fingerprint density at radius 1 is 1.29 bits per heavy atom. The predicted molar refractivity (Wildman–Crippen MR) is 93.9 cm³/mol. The Morgan fingerprint density at radius 2 is 1.96 bits per heavy atom. The zero-order chi connectivity index (χ0) is 17.7. The van der Waals surface area contributed by atoms with Gasteiger partial charge in [0.25, 0.3) is 5.91 Å². The molecule has 2 aromatic rings. The van der Waals surface area contributed by atoms with Crippen LogP contribution in [-0.2, 0) is 11.3 Å². The normalized spacial score (nSPS) is 10.7. The predicted octanol–water partition coefficient (Wildman–Crippen LogP) is 1.71. The quantitative estimate of drug-likeness (QED) is 0.809. The molecule has 0 spiro atoms. The van der Waals surface area contributed by atoms with Crippen molar-refractivity contribution in [3.8, 4) is 0 Å². The van der Waals surface area contributed by atoms with Crippen LogP contribution in [0, 0.1) is 5.92 Å². The molecule has 0 bridgehead atoms. The molecular formula is C17H23N5O2. The number of hydrogen-bond acceptors (Lipinski definition) is 4. The number of rotatable bonds is 7. The molecule has 2 rings (SSSR count). The second kappa shape index (κ2) is 7.63. The van der Waals surface area contributed by atoms with E-state index in [4.69, 9.17) is 5.73 Å². The first-order valence-electron chi connectivity index (χ1n) is 7.78. The maximum Gasteiger partial charge on any atom is 0.255 e. The standard InChI is InChI=1S/C17H23N5O2/c1-12(2)9-21(3)15-6-4-13(5-7-15)17(24)20-14-8-19-22(10-14)11-16(18)23/h4-8,10,12H,9,11H2,1-3H3,(H2,18,23)(H,20,24). The summed E-state index contributed by atoms with van der Waals surface area (Å²) in [4.78, 5) is 25.2. The zero-order valence-corrected chi connectivity index (χ0v) is 14.2. The summed E-state index contributed by atoms with van der Waals surface area (Å²) < 4.78 is 1.38. The summed E-state index contributed by atoms with van der Waals surface area (Å²) in [6.45, 7) is 5.25. The maximum absolute atomic E-state index is 12.3. The van der Waals surface area contributed by atoms with Crippen LogP contribution in [0.1, 0.15) is 24.2 Å². The molecule has 0 aliphatic rings. The van der Waals surface area contributed by atoms with Gasteiger partial charge in [-0.1, -0.05) is 13.8 Å². The van der Waals surface area contributed by atoms with E-state index in [1.54, 1.807) is 18.3 Å². The first-order valence-corrected chi connectivity index (χ1v) is 7.78. The lowest BCUT2D eigenvalue weighted by Gasteiger charge is -2.21. The molecule has 0 saturated carbocycles. The fourth-order valence-corrected chi connectivity index (χ4v) is 2.40. The number of nitrogens with two attached hydrogens (primary N) is 1. The van der Waals surface area contributed by atoms with Gasteiger partial charge < -0.3 is 16.0 Å². The van der Waals surface area contributed by atoms with Crippen molar-refractivity contribution in [1.82, 2.24) is 9.78 Å². The minimum Gasteiger partial charge on any atom is -0.374 e. The maximum atomic E-state index is 12.3. The van der Waals surface area contributed by atoms with Gasteiger partial charge in [-0.15, -0.1) is 0 Å². The average Bonchev–Trinajstić information content (AvgIpc) is 2.92. The molecule has 0 atom stereocenters. The van der Waals surface area contributed by atoms with Crippen molar-refractivity contribution in [2.75, 3.05) is 23.8 Å². The second-order valence-corrected chi connectivity index (χ2v) is 6.17. The monoisotopic (exact) mass is 329 g/mol. The topological polar surface area (TPSA) is 93.2 Å². The van der Waals surface area contributed by atoms with Crippen molar-refractivity contribution in [3.05, 3.63) is 42.2 Å². The number of carbonyl (C=O) groups is 2. The zero-order valence-electron chi connectivity index (χ0n) is 14.2. The lowest BCUT2D eigenvalue weighted by atomic mass is 10.1. The Kier molecular flexibility index (Phi) is 5.57. The van der Waals surface area contributed by atoms with Crippen molar-refractivity contribution < 1.29 is 9.59 Å². The van der Waals surface area contributed by atoms with E-state index in [-0.39, 0.29) is 12.5 Å². The highest BCUT2D eigenvalue weighted by atomic mass is 16.2. The van der Waals surface area contributed by atoms with Gasteiger partial charge in [0.15, 0.2) is 0 Å². The van der Waals surface area contributed by atoms with E-state index in [1.165, 1.54) is 10.9 Å². The Hall–Kier alpha value is -2.83. The minimum absolute atomic E-state index is 0.0211. The number of nitrogens with zero attached hydrogens (tertiary/aromatic N) is 3. The molecule has 1 aromatic heterocycles. The number of amides is 2. The van der Waals surface area contributed by atoms with Crippen molar-refractivity contribution in [2.45, 2.75) is 20.4 Å². The highest BCUT2D eigenvalue weighted by Gasteiger charge is 2.10. The van der Waals surface area contributed by atoms with Crippen LogP contribution in [0.4, 0.5) is 11.4 Å². The van der Waals surface area contributed by atoms with Crippen LogP contribution in [0.5, 0.6) is 0 Å².